The van der Waals surface area contributed by atoms with Crippen LogP contribution in [0.25, 0.3) is 0 Å². The van der Waals surface area contributed by atoms with E-state index in [1.54, 1.807) is 0 Å². The molecule has 0 aromatic carbocycles. The molecular weight excluding hydrogens is 316 g/mol. The van der Waals surface area contributed by atoms with E-state index >= 15 is 0 Å². The van der Waals surface area contributed by atoms with Crippen LogP contribution in [0.1, 0.15) is 64.7 Å². The molecule has 0 radical (unpaired) electrons. The van der Waals surface area contributed by atoms with Crippen molar-refractivity contribution in [3.05, 3.63) is 12.7 Å². The number of rotatable bonds is 14. The fourth-order valence-corrected chi connectivity index (χ4v) is 2.88. The predicted molar refractivity (Wildman–Crippen MR) is 103 cm³/mol. The van der Waals surface area contributed by atoms with Crippen LogP contribution in [-0.4, -0.2) is 56.5 Å². The molecule has 0 unspecified atom stereocenters. The Morgan fingerprint density at radius 2 is 1.88 bits per heavy atom. The molecule has 0 spiro atoms. The van der Waals surface area contributed by atoms with Gasteiger partial charge in [-0.2, -0.15) is 0 Å². The number of carbonyl (C=O) groups is 1. The molecule has 0 aromatic heterocycles. The van der Waals surface area contributed by atoms with Gasteiger partial charge in [-0.15, -0.1) is 6.58 Å². The predicted octanol–water partition coefficient (Wildman–Crippen LogP) is 4.13. The Morgan fingerprint density at radius 1 is 1.12 bits per heavy atom. The van der Waals surface area contributed by atoms with Gasteiger partial charge in [0, 0.05) is 19.7 Å². The Bertz CT molecular complexity index is 342. The highest BCUT2D eigenvalue weighted by Gasteiger charge is 2.23. The Kier molecular flexibility index (Phi) is 13.4. The largest absolute Gasteiger partial charge is 0.449 e. The fraction of sp³-hybridized carbons (Fsp3) is 0.850. The number of hydrogen-bond donors (Lipinski definition) is 1. The molecule has 1 amide bonds. The molecule has 0 aliphatic carbocycles. The maximum atomic E-state index is 11.9. The van der Waals surface area contributed by atoms with E-state index in [0.717, 1.165) is 71.3 Å². The first-order valence-corrected chi connectivity index (χ1v) is 10.1. The van der Waals surface area contributed by atoms with Crippen molar-refractivity contribution in [2.75, 3.05) is 39.4 Å². The van der Waals surface area contributed by atoms with Crippen LogP contribution in [0.5, 0.6) is 0 Å². The van der Waals surface area contributed by atoms with E-state index in [-0.39, 0.29) is 6.09 Å². The van der Waals surface area contributed by atoms with Crippen molar-refractivity contribution < 1.29 is 14.3 Å². The summed E-state index contributed by atoms with van der Waals surface area (Å²) in [6, 6.07) is 0. The molecule has 0 bridgehead atoms. The average molecular weight is 355 g/mol. The molecule has 0 aromatic rings. The SMILES string of the molecule is C=CCCNCCCCCCOC1CCN(C(=O)OCCCC)CC1. The van der Waals surface area contributed by atoms with Crippen LogP contribution in [0, 0.1) is 0 Å². The molecular formula is C20H38N2O3. The molecule has 1 N–H and O–H groups in total. The second-order valence-electron chi connectivity index (χ2n) is 6.77. The van der Waals surface area contributed by atoms with Gasteiger partial charge in [-0.25, -0.2) is 4.79 Å². The van der Waals surface area contributed by atoms with Crippen LogP contribution in [0.2, 0.25) is 0 Å². The van der Waals surface area contributed by atoms with Crippen molar-refractivity contribution in [3.8, 4) is 0 Å². The van der Waals surface area contributed by atoms with Crippen LogP contribution in [0.4, 0.5) is 4.79 Å². The highest BCUT2D eigenvalue weighted by molar-refractivity contribution is 5.67. The maximum absolute atomic E-state index is 11.9. The third kappa shape index (κ3) is 11.2. The van der Waals surface area contributed by atoms with Gasteiger partial charge in [0.15, 0.2) is 0 Å². The molecule has 1 rings (SSSR count). The topological polar surface area (TPSA) is 50.8 Å². The zero-order valence-corrected chi connectivity index (χ0v) is 16.1. The fourth-order valence-electron chi connectivity index (χ4n) is 2.88. The highest BCUT2D eigenvalue weighted by atomic mass is 16.6. The zero-order valence-electron chi connectivity index (χ0n) is 16.1. The monoisotopic (exact) mass is 354 g/mol. The number of amides is 1. The molecule has 1 saturated heterocycles. The molecule has 146 valence electrons. The van der Waals surface area contributed by atoms with E-state index < -0.39 is 0 Å². The molecule has 1 aliphatic rings. The summed E-state index contributed by atoms with van der Waals surface area (Å²) in [6.45, 7) is 10.8. The van der Waals surface area contributed by atoms with Crippen LogP contribution in [-0.2, 0) is 9.47 Å². The maximum Gasteiger partial charge on any atom is 0.409 e. The van der Waals surface area contributed by atoms with Crippen molar-refractivity contribution in [1.82, 2.24) is 10.2 Å². The highest BCUT2D eigenvalue weighted by Crippen LogP contribution is 2.15. The Hall–Kier alpha value is -1.07. The number of hydrogen-bond acceptors (Lipinski definition) is 4. The Balaban J connectivity index is 1.92. The molecule has 1 aliphatic heterocycles. The van der Waals surface area contributed by atoms with E-state index in [4.69, 9.17) is 9.47 Å². The lowest BCUT2D eigenvalue weighted by molar-refractivity contribution is 0.00425. The third-order valence-corrected chi connectivity index (χ3v) is 4.55. The first-order valence-electron chi connectivity index (χ1n) is 10.1. The first kappa shape index (κ1) is 22.0. The summed E-state index contributed by atoms with van der Waals surface area (Å²) in [4.78, 5) is 13.7. The molecule has 0 saturated carbocycles. The van der Waals surface area contributed by atoms with Gasteiger partial charge in [0.25, 0.3) is 0 Å². The van der Waals surface area contributed by atoms with Crippen LogP contribution < -0.4 is 5.32 Å². The quantitative estimate of drug-likeness (QED) is 0.376. The standard InChI is InChI=1S/C20H38N2O3/c1-3-5-13-21-14-9-7-8-10-18-24-19-11-15-22(16-12-19)20(23)25-17-6-4-2/h3,19,21H,1,4-18H2,2H3. The zero-order chi connectivity index (χ0) is 18.2. The number of carbonyl (C=O) groups excluding carboxylic acids is 1. The summed E-state index contributed by atoms with van der Waals surface area (Å²) in [6.07, 6.45) is 11.8. The molecule has 5 heteroatoms. The summed E-state index contributed by atoms with van der Waals surface area (Å²) < 4.78 is 11.2. The van der Waals surface area contributed by atoms with Gasteiger partial charge in [-0.05, 0) is 51.6 Å². The number of piperidine rings is 1. The van der Waals surface area contributed by atoms with Crippen molar-refractivity contribution >= 4 is 6.09 Å². The number of likely N-dealkylation sites (tertiary alicyclic amines) is 1. The smallest absolute Gasteiger partial charge is 0.409 e. The lowest BCUT2D eigenvalue weighted by Gasteiger charge is -2.31. The summed E-state index contributed by atoms with van der Waals surface area (Å²) >= 11 is 0. The Labute approximate surface area is 154 Å². The number of nitrogens with one attached hydrogen (secondary N) is 1. The number of nitrogens with zero attached hydrogens (tertiary/aromatic N) is 1. The second kappa shape index (κ2) is 15.2. The van der Waals surface area contributed by atoms with Gasteiger partial charge >= 0.3 is 6.09 Å². The van der Waals surface area contributed by atoms with E-state index in [9.17, 15) is 4.79 Å². The first-order chi connectivity index (χ1) is 12.3. The minimum Gasteiger partial charge on any atom is -0.449 e. The van der Waals surface area contributed by atoms with Gasteiger partial charge in [0.1, 0.15) is 0 Å². The van der Waals surface area contributed by atoms with E-state index in [1.165, 1.54) is 19.3 Å². The van der Waals surface area contributed by atoms with Crippen LogP contribution in [0.3, 0.4) is 0 Å². The van der Waals surface area contributed by atoms with Crippen LogP contribution in [0.15, 0.2) is 12.7 Å². The summed E-state index contributed by atoms with van der Waals surface area (Å²) in [5.74, 6) is 0. The lowest BCUT2D eigenvalue weighted by atomic mass is 10.1. The molecule has 1 fully saturated rings. The van der Waals surface area contributed by atoms with Gasteiger partial charge in [-0.1, -0.05) is 32.3 Å². The summed E-state index contributed by atoms with van der Waals surface area (Å²) in [7, 11) is 0. The molecule has 0 atom stereocenters. The third-order valence-electron chi connectivity index (χ3n) is 4.55. The van der Waals surface area contributed by atoms with Crippen LogP contribution >= 0.6 is 0 Å². The lowest BCUT2D eigenvalue weighted by Crippen LogP contribution is -2.41. The molecule has 1 heterocycles. The van der Waals surface area contributed by atoms with E-state index in [1.807, 2.05) is 11.0 Å². The van der Waals surface area contributed by atoms with E-state index in [2.05, 4.69) is 18.8 Å². The minimum absolute atomic E-state index is 0.159. The average Bonchev–Trinajstić information content (AvgIpc) is 2.64. The van der Waals surface area contributed by atoms with Gasteiger partial charge in [-0.3, -0.25) is 0 Å². The minimum atomic E-state index is -0.159. The second-order valence-corrected chi connectivity index (χ2v) is 6.77. The van der Waals surface area contributed by atoms with Gasteiger partial charge < -0.3 is 19.7 Å². The summed E-state index contributed by atoms with van der Waals surface area (Å²) in [5, 5.41) is 3.41. The molecule has 25 heavy (non-hydrogen) atoms. The van der Waals surface area contributed by atoms with E-state index in [0.29, 0.717) is 12.7 Å². The van der Waals surface area contributed by atoms with Crippen molar-refractivity contribution in [2.24, 2.45) is 0 Å². The van der Waals surface area contributed by atoms with Gasteiger partial charge in [0.2, 0.25) is 0 Å². The normalized spacial score (nSPS) is 15.3. The summed E-state index contributed by atoms with van der Waals surface area (Å²) in [5.41, 5.74) is 0. The number of ether oxygens (including phenoxy) is 2. The van der Waals surface area contributed by atoms with Crippen molar-refractivity contribution in [2.45, 2.75) is 70.8 Å². The molecule has 5 nitrogen and oxygen atoms in total. The van der Waals surface area contributed by atoms with Crippen molar-refractivity contribution in [1.29, 1.82) is 0 Å². The van der Waals surface area contributed by atoms with Gasteiger partial charge in [0.05, 0.1) is 12.7 Å². The number of unbranched alkanes of at least 4 members (excludes halogenated alkanes) is 4. The Morgan fingerprint density at radius 3 is 2.60 bits per heavy atom. The van der Waals surface area contributed by atoms with Crippen molar-refractivity contribution in [3.63, 3.8) is 0 Å².